The van der Waals surface area contributed by atoms with Crippen molar-refractivity contribution in [1.82, 2.24) is 9.88 Å². The highest BCUT2D eigenvalue weighted by Crippen LogP contribution is 2.52. The van der Waals surface area contributed by atoms with E-state index in [1.54, 1.807) is 0 Å². The van der Waals surface area contributed by atoms with Crippen LogP contribution < -0.4 is 15.8 Å². The number of nitrogens with zero attached hydrogens (tertiary/aromatic N) is 2. The number of hydrogen-bond donors (Lipinski definition) is 1. The van der Waals surface area contributed by atoms with Gasteiger partial charge in [0, 0.05) is 33.3 Å². The van der Waals surface area contributed by atoms with E-state index in [9.17, 15) is 0 Å². The lowest BCUT2D eigenvalue weighted by atomic mass is 9.83. The average Bonchev–Trinajstić information content (AvgIpc) is 3.58. The van der Waals surface area contributed by atoms with Crippen molar-refractivity contribution in [3.63, 3.8) is 0 Å². The fourth-order valence-corrected chi connectivity index (χ4v) is 9.07. The van der Waals surface area contributed by atoms with Crippen LogP contribution >= 0.6 is 11.3 Å². The molecule has 3 nitrogen and oxygen atoms in total. The van der Waals surface area contributed by atoms with Crippen LogP contribution in [0.2, 0.25) is 0 Å². The summed E-state index contributed by atoms with van der Waals surface area (Å²) in [6.07, 6.45) is 13.4. The van der Waals surface area contributed by atoms with Crippen LogP contribution in [0.15, 0.2) is 102 Å². The summed E-state index contributed by atoms with van der Waals surface area (Å²) in [6.45, 7) is 5.47. The van der Waals surface area contributed by atoms with Gasteiger partial charge >= 0.3 is 0 Å². The first-order chi connectivity index (χ1) is 21.2. The van der Waals surface area contributed by atoms with Crippen molar-refractivity contribution in [2.45, 2.75) is 32.7 Å². The molecular weight excluding hydrogens is 543 g/mol. The Hall–Kier alpha value is -4.41. The van der Waals surface area contributed by atoms with Crippen molar-refractivity contribution < 1.29 is 0 Å². The van der Waals surface area contributed by atoms with Crippen LogP contribution in [0.1, 0.15) is 37.6 Å². The fraction of sp³-hybridized carbons (Fsp3) is 0.205. The number of dihydropyridines is 1. The number of hydrogen-bond acceptors (Lipinski definition) is 3. The van der Waals surface area contributed by atoms with Gasteiger partial charge in [0.05, 0.1) is 33.4 Å². The largest absolute Gasteiger partial charge is 0.387 e. The Kier molecular flexibility index (Phi) is 5.58. The third-order valence-electron chi connectivity index (χ3n) is 9.75. The lowest BCUT2D eigenvalue weighted by Gasteiger charge is -2.34. The van der Waals surface area contributed by atoms with Gasteiger partial charge in [-0.2, -0.15) is 0 Å². The molecule has 3 unspecified atom stereocenters. The minimum absolute atomic E-state index is 0.141. The average molecular weight is 576 g/mol. The third-order valence-corrected chi connectivity index (χ3v) is 11.0. The summed E-state index contributed by atoms with van der Waals surface area (Å²) in [7, 11) is 0. The lowest BCUT2D eigenvalue weighted by molar-refractivity contribution is 0.479. The second-order valence-corrected chi connectivity index (χ2v) is 13.4. The highest BCUT2D eigenvalue weighted by molar-refractivity contribution is 7.19. The minimum Gasteiger partial charge on any atom is -0.387 e. The molecule has 0 saturated heterocycles. The summed E-state index contributed by atoms with van der Waals surface area (Å²) < 4.78 is 4.01. The van der Waals surface area contributed by atoms with Gasteiger partial charge < -0.3 is 9.88 Å². The smallest absolute Gasteiger partial charge is 0.0872 e. The van der Waals surface area contributed by atoms with Crippen LogP contribution in [-0.2, 0) is 0 Å². The van der Waals surface area contributed by atoms with Gasteiger partial charge in [0.15, 0.2) is 0 Å². The number of thiophene rings is 1. The maximum absolute atomic E-state index is 5.52. The number of fused-ring (bicyclic) bond motifs is 9. The second-order valence-electron chi connectivity index (χ2n) is 12.3. The van der Waals surface area contributed by atoms with Gasteiger partial charge in [0.25, 0.3) is 0 Å². The molecule has 6 aromatic rings. The Morgan fingerprint density at radius 1 is 0.930 bits per heavy atom. The molecule has 43 heavy (non-hydrogen) atoms. The summed E-state index contributed by atoms with van der Waals surface area (Å²) >= 11 is 1.93. The summed E-state index contributed by atoms with van der Waals surface area (Å²) in [5.41, 5.74) is 6.31. The number of rotatable bonds is 3. The normalized spacial score (nSPS) is 21.2. The lowest BCUT2D eigenvalue weighted by Crippen LogP contribution is -2.33. The first-order valence-corrected chi connectivity index (χ1v) is 16.4. The van der Waals surface area contributed by atoms with Crippen LogP contribution in [0.5, 0.6) is 0 Å². The Bertz CT molecular complexity index is 2350. The zero-order valence-electron chi connectivity index (χ0n) is 24.5. The van der Waals surface area contributed by atoms with Crippen molar-refractivity contribution in [2.75, 3.05) is 6.54 Å². The summed E-state index contributed by atoms with van der Waals surface area (Å²) in [5.74, 6) is 0.807. The van der Waals surface area contributed by atoms with E-state index in [1.807, 2.05) is 17.5 Å². The SMILES string of the molecule is CCC1C(C2=CC=CNC2)=Nc2c(sc3ccccc23)C1n1c2cc3c(cc2c2c4ccccc4ccc21)=CC(C)CC=3. The summed E-state index contributed by atoms with van der Waals surface area (Å²) in [4.78, 5) is 6.90. The van der Waals surface area contributed by atoms with Gasteiger partial charge in [0.1, 0.15) is 0 Å². The van der Waals surface area contributed by atoms with Crippen molar-refractivity contribution in [2.24, 2.45) is 16.8 Å². The van der Waals surface area contributed by atoms with E-state index in [-0.39, 0.29) is 12.0 Å². The highest BCUT2D eigenvalue weighted by Gasteiger charge is 2.38. The van der Waals surface area contributed by atoms with Crippen LogP contribution in [0.4, 0.5) is 5.69 Å². The van der Waals surface area contributed by atoms with Crippen LogP contribution in [0.25, 0.3) is 54.8 Å². The van der Waals surface area contributed by atoms with Gasteiger partial charge in [-0.1, -0.05) is 80.6 Å². The molecule has 0 radical (unpaired) electrons. The number of benzene rings is 4. The van der Waals surface area contributed by atoms with E-state index < -0.39 is 0 Å². The minimum atomic E-state index is 0.141. The molecule has 0 fully saturated rings. The molecule has 210 valence electrons. The molecule has 0 amide bonds. The summed E-state index contributed by atoms with van der Waals surface area (Å²) in [5, 5.41) is 12.8. The van der Waals surface area contributed by atoms with E-state index >= 15 is 0 Å². The Labute approximate surface area is 254 Å². The predicted molar refractivity (Wildman–Crippen MR) is 185 cm³/mol. The highest BCUT2D eigenvalue weighted by atomic mass is 32.1. The van der Waals surface area contributed by atoms with Gasteiger partial charge in [-0.15, -0.1) is 11.3 Å². The zero-order chi connectivity index (χ0) is 28.7. The molecule has 3 atom stereocenters. The van der Waals surface area contributed by atoms with Crippen molar-refractivity contribution in [3.8, 4) is 0 Å². The van der Waals surface area contributed by atoms with Crippen LogP contribution in [-0.4, -0.2) is 16.8 Å². The molecule has 2 aromatic heterocycles. The number of allylic oxidation sites excluding steroid dienone is 2. The first-order valence-electron chi connectivity index (χ1n) is 15.6. The van der Waals surface area contributed by atoms with Crippen molar-refractivity contribution in [1.29, 1.82) is 0 Å². The third kappa shape index (κ3) is 3.69. The maximum atomic E-state index is 5.52. The molecule has 3 aliphatic rings. The molecule has 1 aliphatic carbocycles. The molecule has 9 rings (SSSR count). The van der Waals surface area contributed by atoms with Gasteiger partial charge in [-0.25, -0.2) is 0 Å². The molecule has 4 aromatic carbocycles. The van der Waals surface area contributed by atoms with Crippen molar-refractivity contribution >= 4 is 77.6 Å². The first kappa shape index (κ1) is 25.1. The standard InChI is InChI=1S/C39H33N3S/c1-3-28-36(26-10-8-18-40-22-26)41-37-30-12-6-7-13-34(30)43-39(37)38(28)42-32-17-16-24-9-4-5-11-29(24)35(32)31-20-27-19-23(2)14-15-25(27)21-33(31)42/h4-13,15-21,23,28,38,40H,3,14,22H2,1-2H3. The Balaban J connectivity index is 1.44. The zero-order valence-corrected chi connectivity index (χ0v) is 25.3. The Morgan fingerprint density at radius 2 is 1.79 bits per heavy atom. The summed E-state index contributed by atoms with van der Waals surface area (Å²) in [6, 6.07) is 27.5. The van der Waals surface area contributed by atoms with E-state index in [0.29, 0.717) is 5.92 Å². The molecule has 4 heterocycles. The number of aromatic nitrogens is 1. The molecule has 2 aliphatic heterocycles. The Morgan fingerprint density at radius 3 is 2.65 bits per heavy atom. The van der Waals surface area contributed by atoms with Crippen LogP contribution in [0, 0.1) is 11.8 Å². The topological polar surface area (TPSA) is 29.3 Å². The quantitative estimate of drug-likeness (QED) is 0.225. The molecule has 0 spiro atoms. The number of aliphatic imine (C=N–C) groups is 1. The van der Waals surface area contributed by atoms with E-state index in [4.69, 9.17) is 4.99 Å². The molecule has 1 N–H and O–H groups in total. The fourth-order valence-electron chi connectivity index (χ4n) is 7.76. The maximum Gasteiger partial charge on any atom is 0.0872 e. The van der Waals surface area contributed by atoms with E-state index in [1.165, 1.54) is 69.3 Å². The van der Waals surface area contributed by atoms with Crippen molar-refractivity contribution in [3.05, 3.63) is 112 Å². The molecular formula is C39H33N3S. The van der Waals surface area contributed by atoms with Crippen LogP contribution in [0.3, 0.4) is 0 Å². The van der Waals surface area contributed by atoms with Gasteiger partial charge in [0.2, 0.25) is 0 Å². The van der Waals surface area contributed by atoms with Gasteiger partial charge in [-0.3, -0.25) is 4.99 Å². The predicted octanol–water partition coefficient (Wildman–Crippen LogP) is 8.51. The molecule has 0 saturated carbocycles. The number of nitrogens with one attached hydrogen (secondary N) is 1. The second kappa shape index (κ2) is 9.55. The molecule has 4 heteroatoms. The molecule has 0 bridgehead atoms. The monoisotopic (exact) mass is 575 g/mol. The van der Waals surface area contributed by atoms with E-state index in [2.05, 4.69) is 121 Å². The van der Waals surface area contributed by atoms with E-state index in [0.717, 1.165) is 25.1 Å². The van der Waals surface area contributed by atoms with Gasteiger partial charge in [-0.05, 0) is 82.1 Å².